The Kier molecular flexibility index (Phi) is 5.37. The van der Waals surface area contributed by atoms with Crippen molar-refractivity contribution in [3.63, 3.8) is 0 Å². The summed E-state index contributed by atoms with van der Waals surface area (Å²) < 4.78 is 12.0. The number of hydrogen-bond acceptors (Lipinski definition) is 7. The molecule has 130 valence electrons. The summed E-state index contributed by atoms with van der Waals surface area (Å²) >= 11 is 0. The third-order valence-electron chi connectivity index (χ3n) is 4.04. The number of aromatic nitrogens is 2. The van der Waals surface area contributed by atoms with Crippen LogP contribution in [0.4, 0.5) is 0 Å². The first-order valence-electron chi connectivity index (χ1n) is 7.43. The Labute approximate surface area is 132 Å². The largest absolute Gasteiger partial charge is 0.394 e. The van der Waals surface area contributed by atoms with E-state index in [9.17, 15) is 24.9 Å². The van der Waals surface area contributed by atoms with Gasteiger partial charge in [-0.15, -0.1) is 0 Å². The minimum Gasteiger partial charge on any atom is -0.394 e. The van der Waals surface area contributed by atoms with Crippen LogP contribution >= 0.6 is 0 Å². The Bertz CT molecular complexity index is 655. The minimum atomic E-state index is -1.63. The molecule has 23 heavy (non-hydrogen) atoms. The predicted octanol–water partition coefficient (Wildman–Crippen LogP) is -1.96. The zero-order chi connectivity index (χ0) is 17.2. The number of nitrogens with one attached hydrogen (secondary N) is 1. The monoisotopic (exact) mass is 330 g/mol. The topological polar surface area (TPSA) is 134 Å². The molecule has 1 aliphatic rings. The first kappa shape index (κ1) is 17.8. The van der Waals surface area contributed by atoms with Crippen LogP contribution in [0.1, 0.15) is 18.9 Å². The summed E-state index contributed by atoms with van der Waals surface area (Å²) in [5.74, 6) is 0. The summed E-state index contributed by atoms with van der Waals surface area (Å²) in [6.45, 7) is 3.36. The molecule has 0 spiro atoms. The Hall–Kier alpha value is -1.52. The number of nitrogens with zero attached hydrogens (tertiary/aromatic N) is 1. The lowest BCUT2D eigenvalue weighted by molar-refractivity contribution is -0.162. The van der Waals surface area contributed by atoms with Gasteiger partial charge in [-0.1, -0.05) is 0 Å². The maximum atomic E-state index is 12.2. The van der Waals surface area contributed by atoms with Crippen molar-refractivity contribution in [1.29, 1.82) is 0 Å². The van der Waals surface area contributed by atoms with E-state index < -0.39 is 41.9 Å². The Morgan fingerprint density at radius 1 is 1.43 bits per heavy atom. The van der Waals surface area contributed by atoms with E-state index in [4.69, 9.17) is 9.47 Å². The zero-order valence-electron chi connectivity index (χ0n) is 13.1. The Balaban J connectivity index is 2.53. The van der Waals surface area contributed by atoms with E-state index in [1.54, 1.807) is 6.92 Å². The molecule has 2 rings (SSSR count). The highest BCUT2D eigenvalue weighted by Crippen LogP contribution is 2.37. The number of hydrogen-bond donors (Lipinski definition) is 4. The fourth-order valence-corrected chi connectivity index (χ4v) is 2.75. The van der Waals surface area contributed by atoms with Gasteiger partial charge in [-0.05, 0) is 13.8 Å². The molecule has 2 heterocycles. The van der Waals surface area contributed by atoms with Crippen molar-refractivity contribution in [2.24, 2.45) is 0 Å². The normalized spacial score (nSPS) is 30.7. The fourth-order valence-electron chi connectivity index (χ4n) is 2.75. The molecule has 0 amide bonds. The van der Waals surface area contributed by atoms with Gasteiger partial charge < -0.3 is 24.8 Å². The minimum absolute atomic E-state index is 0.0565. The molecular weight excluding hydrogens is 308 g/mol. The number of aromatic amines is 1. The van der Waals surface area contributed by atoms with Gasteiger partial charge in [0.1, 0.15) is 18.3 Å². The lowest BCUT2D eigenvalue weighted by Crippen LogP contribution is -2.52. The summed E-state index contributed by atoms with van der Waals surface area (Å²) in [5.41, 5.74) is -2.70. The van der Waals surface area contributed by atoms with Crippen molar-refractivity contribution < 1.29 is 24.8 Å². The van der Waals surface area contributed by atoms with E-state index in [0.29, 0.717) is 6.61 Å². The molecule has 1 saturated heterocycles. The number of aryl methyl sites for hydroxylation is 1. The quantitative estimate of drug-likeness (QED) is 0.445. The third kappa shape index (κ3) is 3.10. The third-order valence-corrected chi connectivity index (χ3v) is 4.04. The summed E-state index contributed by atoms with van der Waals surface area (Å²) in [7, 11) is 0. The molecule has 0 bridgehead atoms. The van der Waals surface area contributed by atoms with Gasteiger partial charge in [0.05, 0.1) is 13.2 Å². The Morgan fingerprint density at radius 2 is 2.13 bits per heavy atom. The van der Waals surface area contributed by atoms with Crippen molar-refractivity contribution in [3.05, 3.63) is 32.6 Å². The van der Waals surface area contributed by atoms with Crippen molar-refractivity contribution in [3.8, 4) is 0 Å². The lowest BCUT2D eigenvalue weighted by atomic mass is 9.99. The fraction of sp³-hybridized carbons (Fsp3) is 0.714. The molecule has 0 radical (unpaired) electrons. The molecule has 0 aliphatic carbocycles. The number of rotatable bonds is 6. The standard InChI is InChI=1S/C14H22N2O7/c1-3-22-5-4-14(11(19)10(18)9(7-17)23-14)16-6-8(2)12(20)15-13(16)21/h6,9-11,17-19H,3-5,7H2,1-2H3,(H,15,20,21)/t9-,10-,11-,14-/m1/s1. The summed E-state index contributed by atoms with van der Waals surface area (Å²) in [4.78, 5) is 25.9. The molecular formula is C14H22N2O7. The van der Waals surface area contributed by atoms with Crippen LogP contribution < -0.4 is 11.2 Å². The Morgan fingerprint density at radius 3 is 2.70 bits per heavy atom. The first-order chi connectivity index (χ1) is 10.9. The van der Waals surface area contributed by atoms with Crippen LogP contribution in [0.5, 0.6) is 0 Å². The van der Waals surface area contributed by atoms with Crippen LogP contribution in [0.15, 0.2) is 15.8 Å². The van der Waals surface area contributed by atoms with Gasteiger partial charge in [0.2, 0.25) is 0 Å². The lowest BCUT2D eigenvalue weighted by Gasteiger charge is -2.34. The van der Waals surface area contributed by atoms with E-state index in [2.05, 4.69) is 4.98 Å². The van der Waals surface area contributed by atoms with Gasteiger partial charge in [-0.3, -0.25) is 14.3 Å². The maximum Gasteiger partial charge on any atom is 0.330 e. The highest BCUT2D eigenvalue weighted by atomic mass is 16.6. The second-order valence-corrected chi connectivity index (χ2v) is 5.51. The van der Waals surface area contributed by atoms with Crippen LogP contribution in [0, 0.1) is 6.92 Å². The second kappa shape index (κ2) is 6.93. The van der Waals surface area contributed by atoms with E-state index in [0.717, 1.165) is 4.57 Å². The first-order valence-corrected chi connectivity index (χ1v) is 7.43. The van der Waals surface area contributed by atoms with Gasteiger partial charge in [0, 0.05) is 24.8 Å². The van der Waals surface area contributed by atoms with Crippen molar-refractivity contribution in [1.82, 2.24) is 9.55 Å². The highest BCUT2D eigenvalue weighted by molar-refractivity contribution is 5.07. The van der Waals surface area contributed by atoms with Crippen molar-refractivity contribution >= 4 is 0 Å². The summed E-state index contributed by atoms with van der Waals surface area (Å²) in [6, 6.07) is 0. The van der Waals surface area contributed by atoms with Crippen molar-refractivity contribution in [2.75, 3.05) is 19.8 Å². The van der Waals surface area contributed by atoms with Gasteiger partial charge in [-0.25, -0.2) is 4.79 Å². The second-order valence-electron chi connectivity index (χ2n) is 5.51. The smallest absolute Gasteiger partial charge is 0.330 e. The molecule has 0 unspecified atom stereocenters. The molecule has 0 saturated carbocycles. The molecule has 1 aromatic heterocycles. The predicted molar refractivity (Wildman–Crippen MR) is 79.1 cm³/mol. The highest BCUT2D eigenvalue weighted by Gasteiger charge is 2.55. The van der Waals surface area contributed by atoms with E-state index in [1.807, 2.05) is 0 Å². The van der Waals surface area contributed by atoms with Crippen LogP contribution in [-0.4, -0.2) is 63.0 Å². The van der Waals surface area contributed by atoms with E-state index in [-0.39, 0.29) is 18.6 Å². The van der Waals surface area contributed by atoms with Gasteiger partial charge >= 0.3 is 5.69 Å². The molecule has 9 nitrogen and oxygen atoms in total. The molecule has 9 heteroatoms. The van der Waals surface area contributed by atoms with E-state index >= 15 is 0 Å². The summed E-state index contributed by atoms with van der Waals surface area (Å²) in [6.07, 6.45) is -2.57. The maximum absolute atomic E-state index is 12.2. The van der Waals surface area contributed by atoms with Crippen LogP contribution in [0.3, 0.4) is 0 Å². The molecule has 4 atom stereocenters. The number of ether oxygens (including phenoxy) is 2. The van der Waals surface area contributed by atoms with Crippen molar-refractivity contribution in [2.45, 2.75) is 44.3 Å². The van der Waals surface area contributed by atoms with E-state index in [1.165, 1.54) is 13.1 Å². The molecule has 4 N–H and O–H groups in total. The average Bonchev–Trinajstić information content (AvgIpc) is 2.76. The number of aliphatic hydroxyl groups excluding tert-OH is 3. The van der Waals surface area contributed by atoms with Gasteiger partial charge in [-0.2, -0.15) is 0 Å². The van der Waals surface area contributed by atoms with Crippen LogP contribution in [-0.2, 0) is 15.2 Å². The number of aliphatic hydroxyl groups is 3. The van der Waals surface area contributed by atoms with Gasteiger partial charge in [0.15, 0.2) is 5.72 Å². The van der Waals surface area contributed by atoms with Crippen LogP contribution in [0.2, 0.25) is 0 Å². The number of H-pyrrole nitrogens is 1. The molecule has 0 aromatic carbocycles. The average molecular weight is 330 g/mol. The zero-order valence-corrected chi connectivity index (χ0v) is 13.1. The SMILES string of the molecule is CCOCC[C@@]1(n2cc(C)c(=O)[nH]c2=O)O[C@H](CO)[C@@H](O)[C@H]1O. The molecule has 1 aromatic rings. The van der Waals surface area contributed by atoms with Gasteiger partial charge in [0.25, 0.3) is 5.56 Å². The molecule has 1 aliphatic heterocycles. The summed E-state index contributed by atoms with van der Waals surface area (Å²) in [5, 5.41) is 29.8. The van der Waals surface area contributed by atoms with Crippen LogP contribution in [0.25, 0.3) is 0 Å². The molecule has 1 fully saturated rings.